The molecule has 1 saturated carbocycles. The van der Waals surface area contributed by atoms with Crippen molar-refractivity contribution in [3.05, 3.63) is 90.0 Å². The van der Waals surface area contributed by atoms with Gasteiger partial charge in [0.2, 0.25) is 15.9 Å². The number of hydrogen-bond acceptors (Lipinski definition) is 5. The molecule has 9 nitrogen and oxygen atoms in total. The molecular weight excluding hydrogens is 669 g/mol. The van der Waals surface area contributed by atoms with Crippen LogP contribution in [0.15, 0.2) is 83.8 Å². The Kier molecular flexibility index (Phi) is 9.75. The molecule has 266 valence electrons. The van der Waals surface area contributed by atoms with Crippen LogP contribution in [-0.2, 0) is 25.7 Å². The molecule has 4 aromatic rings. The van der Waals surface area contributed by atoms with Gasteiger partial charge < -0.3 is 19.5 Å². The van der Waals surface area contributed by atoms with Gasteiger partial charge in [0.05, 0.1) is 16.5 Å². The molecule has 0 spiro atoms. The molecule has 2 aliphatic rings. The average Bonchev–Trinajstić information content (AvgIpc) is 3.51. The molecule has 0 radical (unpaired) electrons. The topological polar surface area (TPSA) is 112 Å². The number of halogens is 3. The van der Waals surface area contributed by atoms with E-state index >= 15 is 0 Å². The Morgan fingerprint density at radius 1 is 0.880 bits per heavy atom. The van der Waals surface area contributed by atoms with Gasteiger partial charge in [0.25, 0.3) is 0 Å². The van der Waals surface area contributed by atoms with E-state index in [4.69, 9.17) is 4.74 Å². The second-order valence-electron chi connectivity index (χ2n) is 14.0. The number of hydrogen-bond donors (Lipinski definition) is 2. The van der Waals surface area contributed by atoms with E-state index in [-0.39, 0.29) is 40.1 Å². The summed E-state index contributed by atoms with van der Waals surface area (Å²) in [7, 11) is -3.96. The highest BCUT2D eigenvalue weighted by Gasteiger charge is 2.39. The molecule has 2 fully saturated rings. The van der Waals surface area contributed by atoms with Gasteiger partial charge in [-0.2, -0.15) is 13.2 Å². The summed E-state index contributed by atoms with van der Waals surface area (Å²) in [4.78, 5) is 33.3. The van der Waals surface area contributed by atoms with Gasteiger partial charge in [0, 0.05) is 53.8 Å². The number of rotatable bonds is 6. The van der Waals surface area contributed by atoms with E-state index in [2.05, 4.69) is 9.71 Å². The number of aromatic nitrogens is 1. The van der Waals surface area contributed by atoms with Crippen molar-refractivity contribution in [2.45, 2.75) is 75.2 Å². The molecule has 1 aliphatic heterocycles. The number of carbonyl (C=O) groups excluding carboxylic acids is 2. The van der Waals surface area contributed by atoms with Gasteiger partial charge in [-0.05, 0) is 76.3 Å². The molecule has 1 atom stereocenters. The summed E-state index contributed by atoms with van der Waals surface area (Å²) < 4.78 is 76.2. The maximum atomic E-state index is 13.9. The molecule has 3 aromatic carbocycles. The molecule has 50 heavy (non-hydrogen) atoms. The highest BCUT2D eigenvalue weighted by molar-refractivity contribution is 7.89. The lowest BCUT2D eigenvalue weighted by Crippen LogP contribution is -2.54. The average molecular weight is 711 g/mol. The van der Waals surface area contributed by atoms with Crippen molar-refractivity contribution < 1.29 is 35.9 Å². The van der Waals surface area contributed by atoms with Crippen molar-refractivity contribution in [2.75, 3.05) is 19.6 Å². The van der Waals surface area contributed by atoms with Crippen molar-refractivity contribution in [3.63, 3.8) is 0 Å². The minimum Gasteiger partial charge on any atom is -0.444 e. The third kappa shape index (κ3) is 7.83. The lowest BCUT2D eigenvalue weighted by atomic mass is 9.85. The predicted molar refractivity (Wildman–Crippen MR) is 184 cm³/mol. The number of piperazine rings is 1. The smallest absolute Gasteiger partial charge is 0.417 e. The molecule has 2 N–H and O–H groups in total. The minimum atomic E-state index is -4.55. The van der Waals surface area contributed by atoms with E-state index in [0.717, 1.165) is 11.6 Å². The van der Waals surface area contributed by atoms with Crippen molar-refractivity contribution in [1.29, 1.82) is 0 Å². The first kappa shape index (κ1) is 35.5. The Morgan fingerprint density at radius 2 is 1.56 bits per heavy atom. The summed E-state index contributed by atoms with van der Waals surface area (Å²) in [5.74, 6) is -0.299. The summed E-state index contributed by atoms with van der Waals surface area (Å²) in [5.41, 5.74) is 0.107. The van der Waals surface area contributed by atoms with Gasteiger partial charge in [-0.3, -0.25) is 4.79 Å². The zero-order valence-corrected chi connectivity index (χ0v) is 29.0. The summed E-state index contributed by atoms with van der Waals surface area (Å²) in [6, 6.07) is 20.1. The zero-order chi connectivity index (χ0) is 35.8. The number of carbonyl (C=O) groups is 2. The monoisotopic (exact) mass is 710 g/mol. The van der Waals surface area contributed by atoms with Crippen molar-refractivity contribution in [1.82, 2.24) is 19.5 Å². The van der Waals surface area contributed by atoms with E-state index in [1.54, 1.807) is 17.0 Å². The molecule has 2 heterocycles. The van der Waals surface area contributed by atoms with Crippen LogP contribution in [0.4, 0.5) is 18.0 Å². The van der Waals surface area contributed by atoms with E-state index in [9.17, 15) is 31.2 Å². The number of H-pyrrole nitrogens is 1. The summed E-state index contributed by atoms with van der Waals surface area (Å²) >= 11 is 0. The first-order chi connectivity index (χ1) is 23.6. The van der Waals surface area contributed by atoms with Gasteiger partial charge in [0.1, 0.15) is 5.60 Å². The van der Waals surface area contributed by atoms with Gasteiger partial charge in [-0.15, -0.1) is 0 Å². The Bertz CT molecular complexity index is 1970. The van der Waals surface area contributed by atoms with Crippen LogP contribution in [-0.4, -0.2) is 66.5 Å². The van der Waals surface area contributed by atoms with Crippen LogP contribution >= 0.6 is 0 Å². The highest BCUT2D eigenvalue weighted by Crippen LogP contribution is 2.38. The number of benzene rings is 3. The molecule has 1 saturated heterocycles. The molecule has 1 aromatic heterocycles. The number of nitrogens with zero attached hydrogens (tertiary/aromatic N) is 2. The molecule has 2 amide bonds. The van der Waals surface area contributed by atoms with Gasteiger partial charge in [-0.25, -0.2) is 17.9 Å². The second kappa shape index (κ2) is 13.7. The number of aromatic amines is 1. The fraction of sp³-hybridized carbons (Fsp3) is 0.405. The number of alkyl halides is 3. The van der Waals surface area contributed by atoms with Crippen molar-refractivity contribution >= 4 is 32.9 Å². The van der Waals surface area contributed by atoms with E-state index in [1.807, 2.05) is 56.0 Å². The van der Waals surface area contributed by atoms with Crippen molar-refractivity contribution in [3.8, 4) is 11.3 Å². The fourth-order valence-electron chi connectivity index (χ4n) is 6.86. The SMILES string of the molecule is CC(C)(C)OC(=O)N1CCN(C(=O)C2CCC(NS(=O)(=O)c3ccc4cc(-c5ccccc5C(F)(F)F)[nH]c4c3)CC2)[C@@H](c2ccccc2)C1. The summed E-state index contributed by atoms with van der Waals surface area (Å²) in [6.45, 7) is 6.46. The van der Waals surface area contributed by atoms with Crippen LogP contribution in [0.5, 0.6) is 0 Å². The molecule has 13 heteroatoms. The number of fused-ring (bicyclic) bond motifs is 1. The van der Waals surface area contributed by atoms with Gasteiger partial charge in [0.15, 0.2) is 0 Å². The largest absolute Gasteiger partial charge is 0.444 e. The first-order valence-electron chi connectivity index (χ1n) is 16.7. The Hall–Kier alpha value is -4.36. The van der Waals surface area contributed by atoms with Crippen LogP contribution in [0.3, 0.4) is 0 Å². The minimum absolute atomic E-state index is 0.00531. The number of sulfonamides is 1. The number of nitrogens with one attached hydrogen (secondary N) is 2. The van der Waals surface area contributed by atoms with E-state index < -0.39 is 33.5 Å². The van der Waals surface area contributed by atoms with Gasteiger partial charge >= 0.3 is 12.3 Å². The Labute approximate surface area is 289 Å². The molecular formula is C37H41F3N4O5S. The lowest BCUT2D eigenvalue weighted by molar-refractivity contribution is -0.142. The van der Waals surface area contributed by atoms with Crippen LogP contribution in [0, 0.1) is 5.92 Å². The Morgan fingerprint density at radius 3 is 2.24 bits per heavy atom. The van der Waals surface area contributed by atoms with Crippen LogP contribution < -0.4 is 4.72 Å². The number of ether oxygens (including phenoxy) is 1. The highest BCUT2D eigenvalue weighted by atomic mass is 32.2. The molecule has 1 aliphatic carbocycles. The maximum Gasteiger partial charge on any atom is 0.417 e. The third-order valence-corrected chi connectivity index (χ3v) is 10.8. The maximum absolute atomic E-state index is 13.9. The van der Waals surface area contributed by atoms with E-state index in [1.165, 1.54) is 30.3 Å². The molecule has 0 bridgehead atoms. The standard InChI is InChI=1S/C37H41F3N4O5S/c1-36(2,3)49-35(46)43-19-20-44(33(23-43)24-9-5-4-6-10-24)34(45)25-13-16-27(17-14-25)42-50(47,48)28-18-15-26-21-32(41-31(26)22-28)29-11-7-8-12-30(29)37(38,39)40/h4-12,15,18,21-22,25,27,33,41-42H,13-14,16-17,19-20,23H2,1-3H3/t25?,27?,33-/m1/s1. The third-order valence-electron chi connectivity index (χ3n) is 9.32. The quantitative estimate of drug-likeness (QED) is 0.215. The summed E-state index contributed by atoms with van der Waals surface area (Å²) in [5, 5.41) is 0.579. The van der Waals surface area contributed by atoms with Crippen LogP contribution in [0.25, 0.3) is 22.2 Å². The van der Waals surface area contributed by atoms with Crippen LogP contribution in [0.1, 0.15) is 63.6 Å². The number of amides is 2. The van der Waals surface area contributed by atoms with Gasteiger partial charge in [-0.1, -0.05) is 54.6 Å². The summed E-state index contributed by atoms with van der Waals surface area (Å²) in [6.07, 6.45) is -3.04. The fourth-order valence-corrected chi connectivity index (χ4v) is 8.19. The second-order valence-corrected chi connectivity index (χ2v) is 15.7. The lowest BCUT2D eigenvalue weighted by Gasteiger charge is -2.43. The van der Waals surface area contributed by atoms with Crippen molar-refractivity contribution in [2.24, 2.45) is 5.92 Å². The molecule has 0 unspecified atom stereocenters. The Balaban J connectivity index is 1.11. The molecule has 6 rings (SSSR count). The predicted octanol–water partition coefficient (Wildman–Crippen LogP) is 7.51. The van der Waals surface area contributed by atoms with E-state index in [0.29, 0.717) is 56.2 Å². The normalized spacial score (nSPS) is 20.6. The first-order valence-corrected chi connectivity index (χ1v) is 18.2. The zero-order valence-electron chi connectivity index (χ0n) is 28.2. The van der Waals surface area contributed by atoms with Crippen LogP contribution in [0.2, 0.25) is 0 Å².